The zero-order chi connectivity index (χ0) is 14.8. The lowest BCUT2D eigenvalue weighted by Crippen LogP contribution is -2.39. The minimum Gasteiger partial charge on any atom is -0.354 e. The van der Waals surface area contributed by atoms with Gasteiger partial charge in [-0.3, -0.25) is 9.59 Å². The Morgan fingerprint density at radius 1 is 1.33 bits per heavy atom. The van der Waals surface area contributed by atoms with Crippen LogP contribution in [0.25, 0.3) is 10.4 Å². The molecule has 1 aliphatic heterocycles. The highest BCUT2D eigenvalue weighted by molar-refractivity contribution is 7.17. The van der Waals surface area contributed by atoms with E-state index in [4.69, 9.17) is 0 Å². The van der Waals surface area contributed by atoms with Gasteiger partial charge in [-0.1, -0.05) is 30.3 Å². The topological polar surface area (TPSA) is 58.2 Å². The van der Waals surface area contributed by atoms with E-state index in [9.17, 15) is 9.59 Å². The summed E-state index contributed by atoms with van der Waals surface area (Å²) in [5, 5.41) is 5.51. The van der Waals surface area contributed by atoms with Crippen LogP contribution in [0.5, 0.6) is 0 Å². The molecule has 0 bridgehead atoms. The van der Waals surface area contributed by atoms with Gasteiger partial charge in [0.2, 0.25) is 5.91 Å². The van der Waals surface area contributed by atoms with Crippen LogP contribution in [0.3, 0.4) is 0 Å². The minimum atomic E-state index is -0.403. The third kappa shape index (κ3) is 2.83. The smallest absolute Gasteiger partial charge is 0.262 e. The van der Waals surface area contributed by atoms with E-state index in [1.165, 1.54) is 11.3 Å². The van der Waals surface area contributed by atoms with Crippen molar-refractivity contribution in [3.05, 3.63) is 46.8 Å². The molecule has 1 saturated heterocycles. The van der Waals surface area contributed by atoms with E-state index in [0.717, 1.165) is 16.0 Å². The highest BCUT2D eigenvalue weighted by atomic mass is 32.1. The van der Waals surface area contributed by atoms with Crippen LogP contribution in [-0.4, -0.2) is 24.4 Å². The highest BCUT2D eigenvalue weighted by Crippen LogP contribution is 2.32. The summed E-state index contributed by atoms with van der Waals surface area (Å²) >= 11 is 1.46. The third-order valence-corrected chi connectivity index (χ3v) is 4.82. The maximum Gasteiger partial charge on any atom is 0.262 e. The predicted octanol–water partition coefficient (Wildman–Crippen LogP) is 2.34. The fourth-order valence-corrected chi connectivity index (χ4v) is 3.51. The monoisotopic (exact) mass is 300 g/mol. The standard InChI is InChI=1S/C16H16N2O2S/c1-10-9-13(16(20)18-12-7-8-17-15(12)19)21-14(10)11-5-3-2-4-6-11/h2-6,9,12H,7-8H2,1H3,(H,17,19)(H,18,20)/t12-/m1/s1. The molecule has 108 valence electrons. The molecule has 21 heavy (non-hydrogen) atoms. The molecule has 2 heterocycles. The first-order valence-electron chi connectivity index (χ1n) is 6.89. The Balaban J connectivity index is 1.80. The molecule has 1 aliphatic rings. The van der Waals surface area contributed by atoms with Crippen molar-refractivity contribution in [3.8, 4) is 10.4 Å². The van der Waals surface area contributed by atoms with Crippen LogP contribution in [0, 0.1) is 6.92 Å². The van der Waals surface area contributed by atoms with Crippen molar-refractivity contribution >= 4 is 23.2 Å². The lowest BCUT2D eigenvalue weighted by atomic mass is 10.1. The molecule has 1 fully saturated rings. The number of carbonyl (C=O) groups is 2. The highest BCUT2D eigenvalue weighted by Gasteiger charge is 2.26. The second kappa shape index (κ2) is 5.69. The number of aryl methyl sites for hydroxylation is 1. The van der Waals surface area contributed by atoms with Crippen molar-refractivity contribution in [2.24, 2.45) is 0 Å². The average molecular weight is 300 g/mol. The van der Waals surface area contributed by atoms with Crippen LogP contribution in [0.4, 0.5) is 0 Å². The Labute approximate surface area is 127 Å². The maximum atomic E-state index is 12.3. The molecule has 3 rings (SSSR count). The van der Waals surface area contributed by atoms with Gasteiger partial charge in [0, 0.05) is 11.4 Å². The van der Waals surface area contributed by atoms with Gasteiger partial charge in [-0.15, -0.1) is 11.3 Å². The molecule has 0 unspecified atom stereocenters. The fourth-order valence-electron chi connectivity index (χ4n) is 2.43. The van der Waals surface area contributed by atoms with Crippen LogP contribution in [0.1, 0.15) is 21.7 Å². The van der Waals surface area contributed by atoms with Gasteiger partial charge in [0.05, 0.1) is 4.88 Å². The Kier molecular flexibility index (Phi) is 3.75. The van der Waals surface area contributed by atoms with Crippen LogP contribution >= 0.6 is 11.3 Å². The van der Waals surface area contributed by atoms with Gasteiger partial charge in [0.25, 0.3) is 5.91 Å². The molecule has 1 aromatic heterocycles. The van der Waals surface area contributed by atoms with Gasteiger partial charge >= 0.3 is 0 Å². The summed E-state index contributed by atoms with van der Waals surface area (Å²) < 4.78 is 0. The number of nitrogens with one attached hydrogen (secondary N) is 2. The van der Waals surface area contributed by atoms with Gasteiger partial charge < -0.3 is 10.6 Å². The number of carbonyl (C=O) groups excluding carboxylic acids is 2. The van der Waals surface area contributed by atoms with Crippen LogP contribution in [0.2, 0.25) is 0 Å². The van der Waals surface area contributed by atoms with E-state index in [0.29, 0.717) is 17.8 Å². The molecule has 0 spiro atoms. The summed E-state index contributed by atoms with van der Waals surface area (Å²) in [6.45, 7) is 2.63. The molecule has 1 aromatic carbocycles. The van der Waals surface area contributed by atoms with Crippen molar-refractivity contribution in [2.45, 2.75) is 19.4 Å². The number of thiophene rings is 1. The second-order valence-electron chi connectivity index (χ2n) is 5.09. The molecule has 0 aliphatic carbocycles. The normalized spacial score (nSPS) is 17.6. The van der Waals surface area contributed by atoms with Gasteiger partial charge in [0.1, 0.15) is 6.04 Å². The van der Waals surface area contributed by atoms with E-state index in [1.807, 2.05) is 43.3 Å². The van der Waals surface area contributed by atoms with Gasteiger partial charge in [-0.2, -0.15) is 0 Å². The average Bonchev–Trinajstić information content (AvgIpc) is 3.07. The van der Waals surface area contributed by atoms with Crippen molar-refractivity contribution < 1.29 is 9.59 Å². The number of amides is 2. The van der Waals surface area contributed by atoms with E-state index < -0.39 is 6.04 Å². The lowest BCUT2D eigenvalue weighted by molar-refractivity contribution is -0.120. The molecule has 0 radical (unpaired) electrons. The summed E-state index contributed by atoms with van der Waals surface area (Å²) in [6.07, 6.45) is 0.653. The SMILES string of the molecule is Cc1cc(C(=O)N[C@@H]2CCNC2=O)sc1-c1ccccc1. The van der Waals surface area contributed by atoms with Crippen LogP contribution in [0.15, 0.2) is 36.4 Å². The second-order valence-corrected chi connectivity index (χ2v) is 6.15. The van der Waals surface area contributed by atoms with Crippen LogP contribution < -0.4 is 10.6 Å². The Morgan fingerprint density at radius 3 is 2.76 bits per heavy atom. The van der Waals surface area contributed by atoms with E-state index in [-0.39, 0.29) is 11.8 Å². The van der Waals surface area contributed by atoms with Crippen molar-refractivity contribution in [3.63, 3.8) is 0 Å². The molecule has 2 aromatic rings. The molecule has 2 amide bonds. The lowest BCUT2D eigenvalue weighted by Gasteiger charge is -2.08. The van der Waals surface area contributed by atoms with E-state index in [2.05, 4.69) is 10.6 Å². The molecule has 5 heteroatoms. The molecular formula is C16H16N2O2S. The van der Waals surface area contributed by atoms with E-state index in [1.54, 1.807) is 0 Å². The largest absolute Gasteiger partial charge is 0.354 e. The number of hydrogen-bond donors (Lipinski definition) is 2. The first kappa shape index (κ1) is 13.8. The number of hydrogen-bond acceptors (Lipinski definition) is 3. The molecular weight excluding hydrogens is 284 g/mol. The zero-order valence-electron chi connectivity index (χ0n) is 11.7. The van der Waals surface area contributed by atoms with Crippen molar-refractivity contribution in [2.75, 3.05) is 6.54 Å². The minimum absolute atomic E-state index is 0.0973. The zero-order valence-corrected chi connectivity index (χ0v) is 12.5. The summed E-state index contributed by atoms with van der Waals surface area (Å²) in [5.74, 6) is -0.271. The summed E-state index contributed by atoms with van der Waals surface area (Å²) in [7, 11) is 0. The summed E-state index contributed by atoms with van der Waals surface area (Å²) in [5.41, 5.74) is 2.19. The first-order valence-corrected chi connectivity index (χ1v) is 7.71. The van der Waals surface area contributed by atoms with Gasteiger partial charge in [-0.25, -0.2) is 0 Å². The number of benzene rings is 1. The third-order valence-electron chi connectivity index (χ3n) is 3.53. The van der Waals surface area contributed by atoms with E-state index >= 15 is 0 Å². The maximum absolute atomic E-state index is 12.3. The summed E-state index contributed by atoms with van der Waals surface area (Å²) in [6, 6.07) is 11.5. The Morgan fingerprint density at radius 2 is 2.10 bits per heavy atom. The summed E-state index contributed by atoms with van der Waals surface area (Å²) in [4.78, 5) is 25.5. The Hall–Kier alpha value is -2.14. The number of rotatable bonds is 3. The fraction of sp³-hybridized carbons (Fsp3) is 0.250. The Bertz CT molecular complexity index is 679. The first-order chi connectivity index (χ1) is 10.1. The molecule has 2 N–H and O–H groups in total. The quantitative estimate of drug-likeness (QED) is 0.914. The predicted molar refractivity (Wildman–Crippen MR) is 83.4 cm³/mol. The van der Waals surface area contributed by atoms with Crippen molar-refractivity contribution in [1.82, 2.24) is 10.6 Å². The van der Waals surface area contributed by atoms with Gasteiger partial charge in [0.15, 0.2) is 0 Å². The molecule has 1 atom stereocenters. The molecule has 0 saturated carbocycles. The van der Waals surface area contributed by atoms with Gasteiger partial charge in [-0.05, 0) is 30.5 Å². The molecule has 4 nitrogen and oxygen atoms in total. The van der Waals surface area contributed by atoms with Crippen molar-refractivity contribution in [1.29, 1.82) is 0 Å². The van der Waals surface area contributed by atoms with Crippen LogP contribution in [-0.2, 0) is 4.79 Å².